The molecule has 0 saturated heterocycles. The van der Waals surface area contributed by atoms with Crippen LogP contribution in [-0.4, -0.2) is 75.5 Å². The monoisotopic (exact) mass is 559 g/mol. The van der Waals surface area contributed by atoms with Gasteiger partial charge in [-0.1, -0.05) is 14.9 Å². The Bertz CT molecular complexity index is 21.8. The molecule has 50 valence electrons. The summed E-state index contributed by atoms with van der Waals surface area (Å²) in [6, 6.07) is 0. The van der Waals surface area contributed by atoms with Crippen molar-refractivity contribution in [2.75, 3.05) is 0 Å². The Morgan fingerprint density at radius 1 is 0.778 bits per heavy atom. The van der Waals surface area contributed by atoms with E-state index in [0.717, 1.165) is 0 Å². The first kappa shape index (κ1) is 36.7. The molecule has 0 spiro atoms. The molecule has 0 rings (SSSR count). The summed E-state index contributed by atoms with van der Waals surface area (Å²) >= 11 is 7.39. The molecule has 0 atom stereocenters. The minimum absolute atomic E-state index is 0. The van der Waals surface area contributed by atoms with Gasteiger partial charge in [0.15, 0.2) is 0 Å². The zero-order chi connectivity index (χ0) is 3.58. The van der Waals surface area contributed by atoms with Crippen LogP contribution >= 0.6 is 59.9 Å². The van der Waals surface area contributed by atoms with E-state index in [2.05, 4.69) is 59.9 Å². The molecule has 0 aliphatic carbocycles. The standard InChI is InChI=1S/2CH4.CH3.2Ca.3HI.V/h2*1H4;1H3;;;3*1H;/q;;-1;2*+2;;;;+3/p-3. The fourth-order valence-electron chi connectivity index (χ4n) is 0. The summed E-state index contributed by atoms with van der Waals surface area (Å²) < 4.78 is 0. The fraction of sp³-hybridized carbons (Fsp3) is 0.667. The second kappa shape index (κ2) is 29.2. The Morgan fingerprint density at radius 2 is 0.778 bits per heavy atom. The number of hydrogen-bond donors (Lipinski definition) is 0. The van der Waals surface area contributed by atoms with Crippen LogP contribution in [0.1, 0.15) is 14.9 Å². The first-order chi connectivity index (χ1) is 1.73. The summed E-state index contributed by atoms with van der Waals surface area (Å²) in [5.74, 6) is 0. The molecule has 0 aliphatic heterocycles. The second-order valence-electron chi connectivity index (χ2n) is 0.192. The van der Waals surface area contributed by atoms with E-state index in [4.69, 9.17) is 0 Å². The molecule has 0 fully saturated rings. The van der Waals surface area contributed by atoms with Crippen LogP contribution in [0.4, 0.5) is 0 Å². The molecule has 0 bridgehead atoms. The van der Waals surface area contributed by atoms with Crippen LogP contribution in [0.2, 0.25) is 0 Å². The van der Waals surface area contributed by atoms with E-state index in [1.165, 1.54) is 0 Å². The van der Waals surface area contributed by atoms with Gasteiger partial charge in [0.1, 0.15) is 0 Å². The maximum absolute atomic E-state index is 2.46. The molecule has 0 amide bonds. The van der Waals surface area contributed by atoms with Gasteiger partial charge in [-0.3, -0.25) is 0 Å². The predicted octanol–water partition coefficient (Wildman–Crippen LogP) is 3.62. The van der Waals surface area contributed by atoms with Crippen molar-refractivity contribution in [3.05, 3.63) is 7.43 Å². The van der Waals surface area contributed by atoms with Crippen LogP contribution in [0, 0.1) is 7.43 Å². The number of halogens is 3. The van der Waals surface area contributed by atoms with E-state index in [0.29, 0.717) is 0 Å². The molecule has 0 aliphatic rings. The molecule has 0 N–H and O–H groups in total. The molecule has 9 heavy (non-hydrogen) atoms. The van der Waals surface area contributed by atoms with Crippen LogP contribution in [0.5, 0.6) is 0 Å². The molecule has 0 aromatic rings. The average molecular weight is 559 g/mol. The van der Waals surface area contributed by atoms with Crippen molar-refractivity contribution in [1.29, 1.82) is 0 Å². The van der Waals surface area contributed by atoms with Crippen LogP contribution in [0.15, 0.2) is 0 Å². The van der Waals surface area contributed by atoms with E-state index < -0.39 is 0 Å². The van der Waals surface area contributed by atoms with Gasteiger partial charge in [0.2, 0.25) is 0 Å². The summed E-state index contributed by atoms with van der Waals surface area (Å²) in [6.07, 6.45) is 0. The average Bonchev–Trinajstić information content (AvgIpc) is 0.811. The second-order valence-corrected chi connectivity index (χ2v) is 35.6. The first-order valence-corrected chi connectivity index (χ1v) is 14.0. The van der Waals surface area contributed by atoms with Crippen molar-refractivity contribution in [1.82, 2.24) is 0 Å². The van der Waals surface area contributed by atoms with Crippen LogP contribution < -0.4 is 0 Å². The zero-order valence-electron chi connectivity index (χ0n) is 4.00. The van der Waals surface area contributed by atoms with E-state index in [-0.39, 0.29) is 103 Å². The maximum atomic E-state index is 2.46. The van der Waals surface area contributed by atoms with E-state index >= 15 is 0 Å². The van der Waals surface area contributed by atoms with Gasteiger partial charge in [-0.2, -0.15) is 0 Å². The number of rotatable bonds is 0. The summed E-state index contributed by atoms with van der Waals surface area (Å²) in [7, 11) is 0. The number of hydrogen-bond acceptors (Lipinski definition) is 0. The van der Waals surface area contributed by atoms with Crippen molar-refractivity contribution in [2.45, 2.75) is 14.9 Å². The van der Waals surface area contributed by atoms with Crippen molar-refractivity contribution >= 4 is 135 Å². The summed E-state index contributed by atoms with van der Waals surface area (Å²) in [5.41, 5.74) is 0. The quantitative estimate of drug-likeness (QED) is 0.242. The zero-order valence-corrected chi connectivity index (χ0v) is 16.3. The van der Waals surface area contributed by atoms with Crippen LogP contribution in [-0.2, 0) is 4.92 Å². The van der Waals surface area contributed by atoms with Crippen LogP contribution in [0.3, 0.4) is 0 Å². The molecule has 0 nitrogen and oxygen atoms in total. The normalized spacial score (nSPS) is 4.00. The molecular formula is C3H11Ca2I3V+3. The van der Waals surface area contributed by atoms with E-state index in [9.17, 15) is 0 Å². The third-order valence-corrected chi connectivity index (χ3v) is 0. The Morgan fingerprint density at radius 3 is 0.778 bits per heavy atom. The van der Waals surface area contributed by atoms with Crippen molar-refractivity contribution in [2.24, 2.45) is 0 Å². The fourth-order valence-corrected chi connectivity index (χ4v) is 0. The molecule has 0 saturated carbocycles. The van der Waals surface area contributed by atoms with Gasteiger partial charge >= 0.3 is 140 Å². The van der Waals surface area contributed by atoms with E-state index in [1.54, 1.807) is 0 Å². The minimum atomic E-state index is -0.278. The Balaban J connectivity index is -0.00000000450. The molecule has 0 radical (unpaired) electrons. The summed E-state index contributed by atoms with van der Waals surface area (Å²) in [5, 5.41) is 0. The Labute approximate surface area is 158 Å². The molecule has 0 unspecified atom stereocenters. The van der Waals surface area contributed by atoms with Gasteiger partial charge in [0, 0.05) is 0 Å². The third-order valence-electron chi connectivity index (χ3n) is 0. The summed E-state index contributed by atoms with van der Waals surface area (Å²) in [6.45, 7) is 0. The Kier molecular flexibility index (Phi) is 119. The van der Waals surface area contributed by atoms with Gasteiger partial charge < -0.3 is 7.43 Å². The molecule has 0 aromatic carbocycles. The van der Waals surface area contributed by atoms with Gasteiger partial charge in [0.05, 0.1) is 0 Å². The molecule has 6 heteroatoms. The van der Waals surface area contributed by atoms with Crippen molar-refractivity contribution in [3.8, 4) is 0 Å². The SMILES string of the molecule is C.C.[CH3-].[Ca+2].[Ca+2].[I][V]([I])[I]. The molecule has 0 aromatic heterocycles. The van der Waals surface area contributed by atoms with Gasteiger partial charge in [-0.25, -0.2) is 0 Å². The van der Waals surface area contributed by atoms with Crippen LogP contribution in [0.25, 0.3) is 0 Å². The van der Waals surface area contributed by atoms with Gasteiger partial charge in [-0.15, -0.1) is 0 Å². The van der Waals surface area contributed by atoms with Gasteiger partial charge in [0.25, 0.3) is 0 Å². The molecular weight excluding hydrogens is 548 g/mol. The van der Waals surface area contributed by atoms with Crippen molar-refractivity contribution < 1.29 is 4.92 Å². The Hall–Kier alpha value is 5.29. The summed E-state index contributed by atoms with van der Waals surface area (Å²) in [4.78, 5) is -0.278. The van der Waals surface area contributed by atoms with Crippen molar-refractivity contribution in [3.63, 3.8) is 0 Å². The first-order valence-electron chi connectivity index (χ1n) is 0.507. The topological polar surface area (TPSA) is 0 Å². The third kappa shape index (κ3) is 60.5. The van der Waals surface area contributed by atoms with E-state index in [1.807, 2.05) is 0 Å². The van der Waals surface area contributed by atoms with Gasteiger partial charge in [-0.05, 0) is 0 Å². The predicted molar refractivity (Wildman–Crippen MR) is 73.4 cm³/mol. The molecule has 0 heterocycles.